The third-order valence-corrected chi connectivity index (χ3v) is 9.62. The minimum absolute atomic E-state index is 0.0259. The minimum Gasteiger partial charge on any atom is -0.460 e. The number of carbonyl (C=O) groups excluding carboxylic acids is 2. The van der Waals surface area contributed by atoms with Crippen LogP contribution in [0.3, 0.4) is 0 Å². The first-order valence-electron chi connectivity index (χ1n) is 21.7. The molecule has 18 heteroatoms. The van der Waals surface area contributed by atoms with E-state index in [0.29, 0.717) is 39.6 Å². The van der Waals surface area contributed by atoms with Gasteiger partial charge in [0, 0.05) is 13.2 Å². The Morgan fingerprint density at radius 1 is 0.433 bits per heavy atom. The molecule has 11 atom stereocenters. The molecule has 358 valence electrons. The van der Waals surface area contributed by atoms with Crippen molar-refractivity contribution in [1.82, 2.24) is 0 Å². The van der Waals surface area contributed by atoms with E-state index in [2.05, 4.69) is 13.8 Å². The van der Waals surface area contributed by atoms with Crippen LogP contribution in [-0.2, 0) is 76.5 Å². The molecular formula is C42H82O17S. The van der Waals surface area contributed by atoms with Gasteiger partial charge in [0.25, 0.3) is 10.1 Å². The van der Waals surface area contributed by atoms with E-state index in [1.54, 1.807) is 20.8 Å². The Labute approximate surface area is 361 Å². The fourth-order valence-corrected chi connectivity index (χ4v) is 5.50. The predicted molar refractivity (Wildman–Crippen MR) is 226 cm³/mol. The molecule has 0 spiro atoms. The molecule has 11 unspecified atom stereocenters. The molecule has 0 aromatic heterocycles. The maximum atomic E-state index is 12.8. The van der Waals surface area contributed by atoms with Crippen molar-refractivity contribution in [2.24, 2.45) is 0 Å². The van der Waals surface area contributed by atoms with Gasteiger partial charge in [-0.05, 0) is 82.1 Å². The van der Waals surface area contributed by atoms with Crippen molar-refractivity contribution in [2.75, 3.05) is 79.3 Å². The molecule has 60 heavy (non-hydrogen) atoms. The van der Waals surface area contributed by atoms with Crippen LogP contribution in [0.1, 0.15) is 115 Å². The van der Waals surface area contributed by atoms with Crippen LogP contribution in [0, 0.1) is 0 Å². The number of ether oxygens (including phenoxy) is 12. The summed E-state index contributed by atoms with van der Waals surface area (Å²) < 4.78 is 102. The molecule has 0 saturated carbocycles. The topological polar surface area (TPSA) is 199 Å². The number of esters is 2. The van der Waals surface area contributed by atoms with Crippen LogP contribution in [0.5, 0.6) is 0 Å². The molecule has 0 bridgehead atoms. The standard InChI is InChI=1S/C42H82O17S/c1-13-15-17-48-20-30(3)50-22-32(5)52-24-34(7)54-26-36(9)56-28-38(11)58-41(43)19-40(60(45,46)47)42(44)59-39(12)29-57-37(10)27-55-35(8)25-53-33(6)23-51-31(4)21-49-18-16-14-2/h30-40H,13-29H2,1-12H3,(H,45,46,47). The predicted octanol–water partition coefficient (Wildman–Crippen LogP) is 5.37. The Hall–Kier alpha value is -1.55. The summed E-state index contributed by atoms with van der Waals surface area (Å²) in [7, 11) is -5.01. The maximum Gasteiger partial charge on any atom is 0.327 e. The molecule has 1 N–H and O–H groups in total. The molecule has 0 amide bonds. The van der Waals surface area contributed by atoms with Gasteiger partial charge in [-0.2, -0.15) is 8.42 Å². The second kappa shape index (κ2) is 34.9. The van der Waals surface area contributed by atoms with Crippen molar-refractivity contribution in [3.8, 4) is 0 Å². The fraction of sp³-hybridized carbons (Fsp3) is 0.952. The lowest BCUT2D eigenvalue weighted by molar-refractivity contribution is -0.159. The Balaban J connectivity index is 4.45. The van der Waals surface area contributed by atoms with Gasteiger partial charge >= 0.3 is 11.9 Å². The van der Waals surface area contributed by atoms with Gasteiger partial charge in [-0.25, -0.2) is 0 Å². The minimum atomic E-state index is -5.01. The number of unbranched alkanes of at least 4 members (excludes halogenated alkanes) is 2. The first kappa shape index (κ1) is 58.5. The van der Waals surface area contributed by atoms with E-state index in [1.165, 1.54) is 6.92 Å². The summed E-state index contributed by atoms with van der Waals surface area (Å²) in [5.74, 6) is -2.35. The van der Waals surface area contributed by atoms with Crippen molar-refractivity contribution in [1.29, 1.82) is 0 Å². The molecule has 0 heterocycles. The first-order valence-corrected chi connectivity index (χ1v) is 23.2. The van der Waals surface area contributed by atoms with E-state index in [9.17, 15) is 22.6 Å². The monoisotopic (exact) mass is 891 g/mol. The molecule has 0 aromatic carbocycles. The van der Waals surface area contributed by atoms with Crippen LogP contribution in [-0.4, -0.2) is 170 Å². The molecule has 0 aromatic rings. The summed E-state index contributed by atoms with van der Waals surface area (Å²) in [6.07, 6.45) is 0.0243. The van der Waals surface area contributed by atoms with E-state index in [-0.39, 0.29) is 69.2 Å². The zero-order chi connectivity index (χ0) is 45.5. The van der Waals surface area contributed by atoms with E-state index in [0.717, 1.165) is 38.9 Å². The van der Waals surface area contributed by atoms with Crippen molar-refractivity contribution in [3.05, 3.63) is 0 Å². The summed E-state index contributed by atoms with van der Waals surface area (Å²) in [6.45, 7) is 26.8. The number of hydrogen-bond acceptors (Lipinski definition) is 16. The number of hydrogen-bond donors (Lipinski definition) is 1. The molecule has 0 aliphatic carbocycles. The quantitative estimate of drug-likeness (QED) is 0.0467. The molecule has 17 nitrogen and oxygen atoms in total. The van der Waals surface area contributed by atoms with Crippen LogP contribution in [0.4, 0.5) is 0 Å². The second-order valence-electron chi connectivity index (χ2n) is 15.8. The van der Waals surface area contributed by atoms with E-state index in [4.69, 9.17) is 56.8 Å². The Morgan fingerprint density at radius 2 is 0.700 bits per heavy atom. The average molecular weight is 891 g/mol. The van der Waals surface area contributed by atoms with Gasteiger partial charge in [0.1, 0.15) is 12.2 Å². The molecule has 0 radical (unpaired) electrons. The van der Waals surface area contributed by atoms with Crippen molar-refractivity contribution >= 4 is 22.1 Å². The maximum absolute atomic E-state index is 12.8. The lowest BCUT2D eigenvalue weighted by Crippen LogP contribution is -2.38. The van der Waals surface area contributed by atoms with Crippen molar-refractivity contribution in [3.63, 3.8) is 0 Å². The van der Waals surface area contributed by atoms with Crippen molar-refractivity contribution < 1.29 is 79.4 Å². The summed E-state index contributed by atoms with van der Waals surface area (Å²) in [5.41, 5.74) is 0. The van der Waals surface area contributed by atoms with Gasteiger partial charge in [-0.3, -0.25) is 14.1 Å². The van der Waals surface area contributed by atoms with Crippen molar-refractivity contribution in [2.45, 2.75) is 181 Å². The fourth-order valence-electron chi connectivity index (χ4n) is 4.85. The summed E-state index contributed by atoms with van der Waals surface area (Å²) >= 11 is 0. The normalized spacial score (nSPS) is 17.8. The highest BCUT2D eigenvalue weighted by Crippen LogP contribution is 2.13. The van der Waals surface area contributed by atoms with Gasteiger partial charge in [0.2, 0.25) is 0 Å². The number of rotatable bonds is 40. The van der Waals surface area contributed by atoms with Crippen LogP contribution >= 0.6 is 0 Å². The third-order valence-electron chi connectivity index (χ3n) is 8.54. The smallest absolute Gasteiger partial charge is 0.327 e. The average Bonchev–Trinajstić information content (AvgIpc) is 3.19. The SMILES string of the molecule is CCCCOCC(C)OCC(C)OCC(C)OCC(C)OCC(C)OC(=O)CC(C(=O)OC(C)COC(C)COC(C)COC(C)COC(C)COCCCC)S(=O)(=O)O. The lowest BCUT2D eigenvalue weighted by atomic mass is 10.3. The highest BCUT2D eigenvalue weighted by molar-refractivity contribution is 7.87. The van der Waals surface area contributed by atoms with Crippen LogP contribution in [0.25, 0.3) is 0 Å². The lowest BCUT2D eigenvalue weighted by Gasteiger charge is -2.23. The Bertz CT molecular complexity index is 1180. The van der Waals surface area contributed by atoms with Crippen LogP contribution in [0.2, 0.25) is 0 Å². The molecule has 0 aliphatic rings. The molecular weight excluding hydrogens is 809 g/mol. The first-order chi connectivity index (χ1) is 28.3. The van der Waals surface area contributed by atoms with Gasteiger partial charge < -0.3 is 56.8 Å². The van der Waals surface area contributed by atoms with E-state index < -0.39 is 52.0 Å². The summed E-state index contributed by atoms with van der Waals surface area (Å²) in [5, 5.41) is -2.18. The van der Waals surface area contributed by atoms with E-state index >= 15 is 0 Å². The second-order valence-corrected chi connectivity index (χ2v) is 17.4. The zero-order valence-corrected chi connectivity index (χ0v) is 39.6. The Kier molecular flexibility index (Phi) is 34.0. The van der Waals surface area contributed by atoms with Gasteiger partial charge in [-0.1, -0.05) is 26.7 Å². The highest BCUT2D eigenvalue weighted by Gasteiger charge is 2.37. The van der Waals surface area contributed by atoms with Gasteiger partial charge in [-0.15, -0.1) is 0 Å². The molecule has 0 saturated heterocycles. The van der Waals surface area contributed by atoms with Crippen LogP contribution < -0.4 is 0 Å². The zero-order valence-electron chi connectivity index (χ0n) is 38.8. The van der Waals surface area contributed by atoms with E-state index in [1.807, 2.05) is 41.5 Å². The summed E-state index contributed by atoms with van der Waals surface area (Å²) in [4.78, 5) is 25.4. The molecule has 0 fully saturated rings. The largest absolute Gasteiger partial charge is 0.460 e. The Morgan fingerprint density at radius 3 is 0.983 bits per heavy atom. The van der Waals surface area contributed by atoms with Gasteiger partial charge in [0.05, 0.1) is 121 Å². The van der Waals surface area contributed by atoms with Crippen LogP contribution in [0.15, 0.2) is 0 Å². The number of carbonyl (C=O) groups is 2. The summed E-state index contributed by atoms with van der Waals surface area (Å²) in [6, 6.07) is 0. The molecule has 0 rings (SSSR count). The third kappa shape index (κ3) is 33.1. The van der Waals surface area contributed by atoms with Gasteiger partial charge in [0.15, 0.2) is 5.25 Å². The highest BCUT2D eigenvalue weighted by atomic mass is 32.2. The molecule has 0 aliphatic heterocycles.